The molecule has 0 heteroatoms. The molecule has 0 spiro atoms. The average molecular weight is 300 g/mol. The highest BCUT2D eigenvalue weighted by Gasteiger charge is 2.20. The Kier molecular flexibility index (Phi) is 4.34. The van der Waals surface area contributed by atoms with E-state index in [0.29, 0.717) is 0 Å². The number of aryl methyl sites for hydroxylation is 1. The number of hydrogen-bond donors (Lipinski definition) is 0. The highest BCUT2D eigenvalue weighted by molar-refractivity contribution is 5.52. The second-order valence-electron chi connectivity index (χ2n) is 6.41. The molecular weight excluding hydrogens is 276 g/mol. The summed E-state index contributed by atoms with van der Waals surface area (Å²) in [6, 6.07) is 24.0. The van der Waals surface area contributed by atoms with Crippen LogP contribution in [0.4, 0.5) is 0 Å². The predicted molar refractivity (Wildman–Crippen MR) is 99.2 cm³/mol. The van der Waals surface area contributed by atoms with Crippen molar-refractivity contribution in [3.05, 3.63) is 106 Å². The van der Waals surface area contributed by atoms with Crippen LogP contribution in [-0.2, 0) is 0 Å². The standard InChI is InChI=1S/C23H24/c1-16-15-22(19(4)18(3)17(16)2)23(20-11-7-5-8-12-20)21-13-9-6-10-14-21/h5-15,23H,1-4H3. The van der Waals surface area contributed by atoms with Crippen molar-refractivity contribution in [2.75, 3.05) is 0 Å². The summed E-state index contributed by atoms with van der Waals surface area (Å²) in [5.41, 5.74) is 9.73. The fourth-order valence-electron chi connectivity index (χ4n) is 3.39. The van der Waals surface area contributed by atoms with Crippen molar-refractivity contribution in [3.63, 3.8) is 0 Å². The quantitative estimate of drug-likeness (QED) is 0.513. The van der Waals surface area contributed by atoms with Gasteiger partial charge in [-0.05, 0) is 66.6 Å². The smallest absolute Gasteiger partial charge is 0.0342 e. The van der Waals surface area contributed by atoms with E-state index in [-0.39, 0.29) is 5.92 Å². The normalized spacial score (nSPS) is 11.0. The second kappa shape index (κ2) is 6.42. The summed E-state index contributed by atoms with van der Waals surface area (Å²) in [6.45, 7) is 8.95. The van der Waals surface area contributed by atoms with Crippen LogP contribution in [0.2, 0.25) is 0 Å². The summed E-state index contributed by atoms with van der Waals surface area (Å²) < 4.78 is 0. The predicted octanol–water partition coefficient (Wildman–Crippen LogP) is 6.10. The molecule has 0 aliphatic rings. The summed E-state index contributed by atoms with van der Waals surface area (Å²) >= 11 is 0. The molecule has 0 heterocycles. The molecule has 0 N–H and O–H groups in total. The molecule has 0 bridgehead atoms. The van der Waals surface area contributed by atoms with Gasteiger partial charge in [0.05, 0.1) is 0 Å². The van der Waals surface area contributed by atoms with Gasteiger partial charge in [-0.3, -0.25) is 0 Å². The molecule has 0 saturated heterocycles. The van der Waals surface area contributed by atoms with Crippen molar-refractivity contribution in [3.8, 4) is 0 Å². The Hall–Kier alpha value is -2.34. The van der Waals surface area contributed by atoms with Crippen LogP contribution >= 0.6 is 0 Å². The van der Waals surface area contributed by atoms with Gasteiger partial charge in [-0.2, -0.15) is 0 Å². The maximum atomic E-state index is 2.38. The molecule has 0 fully saturated rings. The third-order valence-corrected chi connectivity index (χ3v) is 5.10. The first-order chi connectivity index (χ1) is 11.1. The summed E-state index contributed by atoms with van der Waals surface area (Å²) in [5.74, 6) is 0.287. The van der Waals surface area contributed by atoms with E-state index >= 15 is 0 Å². The minimum Gasteiger partial charge on any atom is -0.0622 e. The van der Waals surface area contributed by atoms with E-state index in [4.69, 9.17) is 0 Å². The van der Waals surface area contributed by atoms with Crippen LogP contribution in [-0.4, -0.2) is 0 Å². The first-order valence-corrected chi connectivity index (χ1v) is 8.26. The second-order valence-corrected chi connectivity index (χ2v) is 6.41. The SMILES string of the molecule is Cc1cc(C(c2ccccc2)c2ccccc2)c(C)c(C)c1C. The molecule has 0 amide bonds. The van der Waals surface area contributed by atoms with Crippen LogP contribution in [0, 0.1) is 27.7 Å². The Morgan fingerprint density at radius 1 is 0.565 bits per heavy atom. The van der Waals surface area contributed by atoms with Gasteiger partial charge in [0.2, 0.25) is 0 Å². The molecule has 3 rings (SSSR count). The summed E-state index contributed by atoms with van der Waals surface area (Å²) in [5, 5.41) is 0. The Bertz CT molecular complexity index is 759. The van der Waals surface area contributed by atoms with E-state index in [1.165, 1.54) is 38.9 Å². The van der Waals surface area contributed by atoms with Gasteiger partial charge in [0.25, 0.3) is 0 Å². The third-order valence-electron chi connectivity index (χ3n) is 5.10. The zero-order valence-electron chi connectivity index (χ0n) is 14.4. The lowest BCUT2D eigenvalue weighted by Crippen LogP contribution is -2.08. The topological polar surface area (TPSA) is 0 Å². The maximum absolute atomic E-state index is 2.38. The van der Waals surface area contributed by atoms with E-state index in [1.54, 1.807) is 0 Å². The van der Waals surface area contributed by atoms with Crippen molar-refractivity contribution < 1.29 is 0 Å². The lowest BCUT2D eigenvalue weighted by molar-refractivity contribution is 0.949. The summed E-state index contributed by atoms with van der Waals surface area (Å²) in [7, 11) is 0. The summed E-state index contributed by atoms with van der Waals surface area (Å²) in [4.78, 5) is 0. The molecule has 0 aliphatic carbocycles. The fraction of sp³-hybridized carbons (Fsp3) is 0.217. The monoisotopic (exact) mass is 300 g/mol. The number of rotatable bonds is 3. The lowest BCUT2D eigenvalue weighted by atomic mass is 9.80. The van der Waals surface area contributed by atoms with Gasteiger partial charge in [0, 0.05) is 5.92 Å². The molecule has 0 aromatic heterocycles. The zero-order chi connectivity index (χ0) is 16.4. The largest absolute Gasteiger partial charge is 0.0622 e. The third kappa shape index (κ3) is 2.94. The molecule has 0 atom stereocenters. The average Bonchev–Trinajstić information content (AvgIpc) is 2.60. The van der Waals surface area contributed by atoms with Crippen molar-refractivity contribution in [1.82, 2.24) is 0 Å². The molecule has 3 aromatic carbocycles. The van der Waals surface area contributed by atoms with Gasteiger partial charge < -0.3 is 0 Å². The Morgan fingerprint density at radius 3 is 1.52 bits per heavy atom. The molecule has 0 unspecified atom stereocenters. The number of hydrogen-bond acceptors (Lipinski definition) is 0. The molecule has 0 saturated carbocycles. The Balaban J connectivity index is 2.26. The first kappa shape index (κ1) is 15.6. The van der Waals surface area contributed by atoms with Gasteiger partial charge >= 0.3 is 0 Å². The number of benzene rings is 3. The molecule has 0 radical (unpaired) electrons. The highest BCUT2D eigenvalue weighted by atomic mass is 14.2. The molecule has 0 aliphatic heterocycles. The van der Waals surface area contributed by atoms with Crippen molar-refractivity contribution in [2.24, 2.45) is 0 Å². The van der Waals surface area contributed by atoms with E-state index in [2.05, 4.69) is 94.4 Å². The minimum absolute atomic E-state index is 0.287. The van der Waals surface area contributed by atoms with E-state index in [9.17, 15) is 0 Å². The molecule has 116 valence electrons. The van der Waals surface area contributed by atoms with Crippen LogP contribution in [0.1, 0.15) is 44.9 Å². The van der Waals surface area contributed by atoms with Crippen molar-refractivity contribution >= 4 is 0 Å². The van der Waals surface area contributed by atoms with Crippen LogP contribution in [0.15, 0.2) is 66.7 Å². The van der Waals surface area contributed by atoms with Crippen LogP contribution in [0.3, 0.4) is 0 Å². The minimum atomic E-state index is 0.287. The van der Waals surface area contributed by atoms with Gasteiger partial charge in [-0.1, -0.05) is 66.7 Å². The van der Waals surface area contributed by atoms with Crippen molar-refractivity contribution in [2.45, 2.75) is 33.6 Å². The van der Waals surface area contributed by atoms with Crippen LogP contribution in [0.25, 0.3) is 0 Å². The van der Waals surface area contributed by atoms with Crippen LogP contribution in [0.5, 0.6) is 0 Å². The van der Waals surface area contributed by atoms with Gasteiger partial charge in [0.1, 0.15) is 0 Å². The van der Waals surface area contributed by atoms with E-state index < -0.39 is 0 Å². The molecular formula is C23H24. The zero-order valence-corrected chi connectivity index (χ0v) is 14.4. The highest BCUT2D eigenvalue weighted by Crippen LogP contribution is 2.36. The van der Waals surface area contributed by atoms with Crippen LogP contribution < -0.4 is 0 Å². The van der Waals surface area contributed by atoms with Gasteiger partial charge in [-0.25, -0.2) is 0 Å². The first-order valence-electron chi connectivity index (χ1n) is 8.26. The molecule has 0 nitrogen and oxygen atoms in total. The maximum Gasteiger partial charge on any atom is 0.0342 e. The summed E-state index contributed by atoms with van der Waals surface area (Å²) in [6.07, 6.45) is 0. The molecule has 3 aromatic rings. The Labute approximate surface area is 139 Å². The lowest BCUT2D eigenvalue weighted by Gasteiger charge is -2.24. The van der Waals surface area contributed by atoms with Gasteiger partial charge in [0.15, 0.2) is 0 Å². The Morgan fingerprint density at radius 2 is 1.04 bits per heavy atom. The molecule has 23 heavy (non-hydrogen) atoms. The van der Waals surface area contributed by atoms with E-state index in [1.807, 2.05) is 0 Å². The van der Waals surface area contributed by atoms with Crippen molar-refractivity contribution in [1.29, 1.82) is 0 Å². The fourth-order valence-corrected chi connectivity index (χ4v) is 3.39. The van der Waals surface area contributed by atoms with E-state index in [0.717, 1.165) is 0 Å². The van der Waals surface area contributed by atoms with Gasteiger partial charge in [-0.15, -0.1) is 0 Å².